The molecule has 3 rings (SSSR count). The summed E-state index contributed by atoms with van der Waals surface area (Å²) in [6.45, 7) is 6.24. The summed E-state index contributed by atoms with van der Waals surface area (Å²) < 4.78 is 0. The molecular weight excluding hydrogens is 314 g/mol. The van der Waals surface area contributed by atoms with Crippen LogP contribution < -0.4 is 4.90 Å². The Morgan fingerprint density at radius 2 is 1.80 bits per heavy atom. The highest BCUT2D eigenvalue weighted by Gasteiger charge is 2.20. The van der Waals surface area contributed by atoms with Crippen LogP contribution in [0.2, 0.25) is 0 Å². The maximum absolute atomic E-state index is 12.8. The predicted octanol–water partition coefficient (Wildman–Crippen LogP) is 1.81. The lowest BCUT2D eigenvalue weighted by Crippen LogP contribution is -2.45. The van der Waals surface area contributed by atoms with E-state index < -0.39 is 0 Å². The molecule has 1 aromatic heterocycles. The number of anilines is 1. The molecule has 0 N–H and O–H groups in total. The first kappa shape index (κ1) is 17.4. The molecule has 1 aliphatic rings. The maximum Gasteiger partial charge on any atom is 0.272 e. The highest BCUT2D eigenvalue weighted by Crippen LogP contribution is 2.16. The van der Waals surface area contributed by atoms with Gasteiger partial charge in [0.25, 0.3) is 5.91 Å². The van der Waals surface area contributed by atoms with Crippen molar-refractivity contribution < 1.29 is 4.79 Å². The first-order valence-corrected chi connectivity index (χ1v) is 8.61. The van der Waals surface area contributed by atoms with E-state index in [0.717, 1.165) is 37.6 Å². The molecule has 0 bridgehead atoms. The van der Waals surface area contributed by atoms with Crippen LogP contribution in [0.1, 0.15) is 21.9 Å². The largest absolute Gasteiger partial charge is 0.354 e. The van der Waals surface area contributed by atoms with Gasteiger partial charge in [0.1, 0.15) is 17.3 Å². The van der Waals surface area contributed by atoms with Crippen molar-refractivity contribution in [3.05, 3.63) is 53.5 Å². The summed E-state index contributed by atoms with van der Waals surface area (Å²) in [6, 6.07) is 11.8. The van der Waals surface area contributed by atoms with Gasteiger partial charge in [-0.25, -0.2) is 9.97 Å². The maximum atomic E-state index is 12.8. The van der Waals surface area contributed by atoms with E-state index >= 15 is 0 Å². The van der Waals surface area contributed by atoms with Gasteiger partial charge >= 0.3 is 0 Å². The summed E-state index contributed by atoms with van der Waals surface area (Å²) in [7, 11) is 3.93. The lowest BCUT2D eigenvalue weighted by molar-refractivity contribution is 0.0779. The highest BCUT2D eigenvalue weighted by molar-refractivity contribution is 5.92. The van der Waals surface area contributed by atoms with Crippen molar-refractivity contribution in [1.82, 2.24) is 19.8 Å². The Labute approximate surface area is 149 Å². The highest BCUT2D eigenvalue weighted by atomic mass is 16.2. The fourth-order valence-electron chi connectivity index (χ4n) is 2.98. The average molecular weight is 339 g/mol. The zero-order valence-corrected chi connectivity index (χ0v) is 15.1. The van der Waals surface area contributed by atoms with Crippen LogP contribution in [0.3, 0.4) is 0 Å². The van der Waals surface area contributed by atoms with E-state index in [9.17, 15) is 4.79 Å². The molecule has 1 aromatic carbocycles. The first-order valence-electron chi connectivity index (χ1n) is 8.61. The molecule has 2 aromatic rings. The number of rotatable bonds is 4. The molecular formula is C19H25N5O. The van der Waals surface area contributed by atoms with Gasteiger partial charge in [-0.2, -0.15) is 0 Å². The molecule has 0 aliphatic carbocycles. The van der Waals surface area contributed by atoms with Crippen LogP contribution in [-0.4, -0.2) is 65.9 Å². The molecule has 2 heterocycles. The number of amides is 1. The van der Waals surface area contributed by atoms with Gasteiger partial charge < -0.3 is 14.7 Å². The van der Waals surface area contributed by atoms with Gasteiger partial charge in [0.05, 0.1) is 0 Å². The standard InChI is InChI=1S/C19H25N5O/c1-15-20-17(13-18(21-15)24-11-9-22(2)10-12-24)19(25)23(3)14-16-7-5-4-6-8-16/h4-8,13H,9-12,14H2,1-3H3. The summed E-state index contributed by atoms with van der Waals surface area (Å²) in [6.07, 6.45) is 0. The van der Waals surface area contributed by atoms with Crippen LogP contribution in [0, 0.1) is 6.92 Å². The molecule has 132 valence electrons. The van der Waals surface area contributed by atoms with Gasteiger partial charge in [0, 0.05) is 45.8 Å². The summed E-state index contributed by atoms with van der Waals surface area (Å²) in [5.74, 6) is 1.40. The molecule has 0 saturated carbocycles. The van der Waals surface area contributed by atoms with E-state index in [1.807, 2.05) is 50.4 Å². The zero-order chi connectivity index (χ0) is 17.8. The topological polar surface area (TPSA) is 52.6 Å². The van der Waals surface area contributed by atoms with Crippen molar-refractivity contribution >= 4 is 11.7 Å². The van der Waals surface area contributed by atoms with Crippen molar-refractivity contribution in [2.45, 2.75) is 13.5 Å². The lowest BCUT2D eigenvalue weighted by Gasteiger charge is -2.33. The third-order valence-electron chi connectivity index (χ3n) is 4.48. The Morgan fingerprint density at radius 1 is 1.12 bits per heavy atom. The van der Waals surface area contributed by atoms with Gasteiger partial charge in [-0.1, -0.05) is 30.3 Å². The zero-order valence-electron chi connectivity index (χ0n) is 15.1. The fourth-order valence-corrected chi connectivity index (χ4v) is 2.98. The summed E-state index contributed by atoms with van der Waals surface area (Å²) >= 11 is 0. The van der Waals surface area contributed by atoms with Gasteiger partial charge in [-0.05, 0) is 19.5 Å². The summed E-state index contributed by atoms with van der Waals surface area (Å²) in [5.41, 5.74) is 1.56. The third kappa shape index (κ3) is 4.33. The molecule has 1 saturated heterocycles. The van der Waals surface area contributed by atoms with Crippen molar-refractivity contribution in [3.8, 4) is 0 Å². The monoisotopic (exact) mass is 339 g/mol. The number of nitrogens with zero attached hydrogens (tertiary/aromatic N) is 5. The Balaban J connectivity index is 1.76. The number of hydrogen-bond acceptors (Lipinski definition) is 5. The number of hydrogen-bond donors (Lipinski definition) is 0. The number of aromatic nitrogens is 2. The van der Waals surface area contributed by atoms with Gasteiger partial charge in [0.2, 0.25) is 0 Å². The number of carbonyl (C=O) groups excluding carboxylic acids is 1. The first-order chi connectivity index (χ1) is 12.0. The second kappa shape index (κ2) is 7.61. The predicted molar refractivity (Wildman–Crippen MR) is 98.7 cm³/mol. The number of likely N-dealkylation sites (N-methyl/N-ethyl adjacent to an activating group) is 1. The summed E-state index contributed by atoms with van der Waals surface area (Å²) in [4.78, 5) is 27.9. The normalized spacial score (nSPS) is 15.2. The molecule has 1 amide bonds. The molecule has 25 heavy (non-hydrogen) atoms. The number of carbonyl (C=O) groups is 1. The van der Waals surface area contributed by atoms with Crippen LogP contribution in [-0.2, 0) is 6.54 Å². The smallest absolute Gasteiger partial charge is 0.272 e. The molecule has 6 nitrogen and oxygen atoms in total. The van der Waals surface area contributed by atoms with E-state index in [4.69, 9.17) is 0 Å². The Morgan fingerprint density at radius 3 is 2.48 bits per heavy atom. The molecule has 6 heteroatoms. The second-order valence-electron chi connectivity index (χ2n) is 6.60. The van der Waals surface area contributed by atoms with Crippen molar-refractivity contribution in [2.24, 2.45) is 0 Å². The van der Waals surface area contributed by atoms with Crippen molar-refractivity contribution in [3.63, 3.8) is 0 Å². The van der Waals surface area contributed by atoms with Crippen LogP contribution in [0.25, 0.3) is 0 Å². The molecule has 1 fully saturated rings. The van der Waals surface area contributed by atoms with Crippen molar-refractivity contribution in [2.75, 3.05) is 45.2 Å². The fraction of sp³-hybridized carbons (Fsp3) is 0.421. The Hall–Kier alpha value is -2.47. The number of piperazine rings is 1. The van der Waals surface area contributed by atoms with Crippen LogP contribution >= 0.6 is 0 Å². The minimum absolute atomic E-state index is 0.0790. The minimum Gasteiger partial charge on any atom is -0.354 e. The van der Waals surface area contributed by atoms with Gasteiger partial charge in [-0.15, -0.1) is 0 Å². The van der Waals surface area contributed by atoms with Gasteiger partial charge in [-0.3, -0.25) is 4.79 Å². The third-order valence-corrected chi connectivity index (χ3v) is 4.48. The molecule has 0 unspecified atom stereocenters. The Bertz CT molecular complexity index is 726. The van der Waals surface area contributed by atoms with Crippen LogP contribution in [0.5, 0.6) is 0 Å². The molecule has 0 radical (unpaired) electrons. The van der Waals surface area contributed by atoms with E-state index in [-0.39, 0.29) is 5.91 Å². The number of benzene rings is 1. The van der Waals surface area contributed by atoms with Gasteiger partial charge in [0.15, 0.2) is 0 Å². The molecule has 0 atom stereocenters. The average Bonchev–Trinajstić information content (AvgIpc) is 2.62. The quantitative estimate of drug-likeness (QED) is 0.850. The molecule has 0 spiro atoms. The summed E-state index contributed by atoms with van der Waals surface area (Å²) in [5, 5.41) is 0. The van der Waals surface area contributed by atoms with E-state index in [1.54, 1.807) is 4.90 Å². The second-order valence-corrected chi connectivity index (χ2v) is 6.60. The SMILES string of the molecule is Cc1nc(C(=O)N(C)Cc2ccccc2)cc(N2CCN(C)CC2)n1. The van der Waals surface area contributed by atoms with Crippen molar-refractivity contribution in [1.29, 1.82) is 0 Å². The van der Waals surface area contributed by atoms with E-state index in [2.05, 4.69) is 26.8 Å². The van der Waals surface area contributed by atoms with Crippen LogP contribution in [0.4, 0.5) is 5.82 Å². The van der Waals surface area contributed by atoms with E-state index in [1.165, 1.54) is 0 Å². The molecule has 1 aliphatic heterocycles. The number of aryl methyl sites for hydroxylation is 1. The van der Waals surface area contributed by atoms with E-state index in [0.29, 0.717) is 18.1 Å². The minimum atomic E-state index is -0.0790. The Kier molecular flexibility index (Phi) is 5.28. The lowest BCUT2D eigenvalue weighted by atomic mass is 10.2. The van der Waals surface area contributed by atoms with Crippen LogP contribution in [0.15, 0.2) is 36.4 Å².